The SMILES string of the molecule is CCONC(=O)c1cnc(Nc2ccnn2C)cc1Nc1ccc(C2CC2)cc1N(C)S(=O)(=O)O. The van der Waals surface area contributed by atoms with Crippen molar-refractivity contribution in [3.8, 4) is 0 Å². The second-order valence-corrected chi connectivity index (χ2v) is 9.51. The predicted octanol–water partition coefficient (Wildman–Crippen LogP) is 3.10. The number of aryl methyl sites for hydroxylation is 1. The molecule has 0 spiro atoms. The van der Waals surface area contributed by atoms with Crippen molar-refractivity contribution < 1.29 is 22.6 Å². The quantitative estimate of drug-likeness (QED) is 0.243. The Morgan fingerprint density at radius 2 is 2.00 bits per heavy atom. The van der Waals surface area contributed by atoms with E-state index in [1.54, 1.807) is 49.1 Å². The van der Waals surface area contributed by atoms with Gasteiger partial charge >= 0.3 is 10.3 Å². The van der Waals surface area contributed by atoms with Gasteiger partial charge in [-0.05, 0) is 43.4 Å². The van der Waals surface area contributed by atoms with Gasteiger partial charge in [-0.2, -0.15) is 13.5 Å². The summed E-state index contributed by atoms with van der Waals surface area (Å²) in [6, 6.07) is 8.73. The van der Waals surface area contributed by atoms with E-state index in [1.165, 1.54) is 13.2 Å². The Hall–Kier alpha value is -3.68. The summed E-state index contributed by atoms with van der Waals surface area (Å²) in [6.45, 7) is 2.01. The lowest BCUT2D eigenvalue weighted by atomic mass is 10.1. The second-order valence-electron chi connectivity index (χ2n) is 8.07. The van der Waals surface area contributed by atoms with E-state index >= 15 is 0 Å². The highest BCUT2D eigenvalue weighted by Crippen LogP contribution is 2.43. The summed E-state index contributed by atoms with van der Waals surface area (Å²) in [5.41, 5.74) is 4.44. The van der Waals surface area contributed by atoms with Gasteiger partial charge in [0.25, 0.3) is 5.91 Å². The molecule has 2 aromatic heterocycles. The molecule has 0 unspecified atom stereocenters. The fourth-order valence-corrected chi connectivity index (χ4v) is 3.88. The molecular weight excluding hydrogens is 474 g/mol. The number of benzene rings is 1. The molecular formula is C22H27N7O5S. The molecule has 1 aliphatic carbocycles. The van der Waals surface area contributed by atoms with Crippen LogP contribution in [0.15, 0.2) is 42.7 Å². The van der Waals surface area contributed by atoms with E-state index in [9.17, 15) is 17.8 Å². The summed E-state index contributed by atoms with van der Waals surface area (Å²) >= 11 is 0. The number of pyridine rings is 1. The van der Waals surface area contributed by atoms with Crippen molar-refractivity contribution in [2.24, 2.45) is 7.05 Å². The van der Waals surface area contributed by atoms with Gasteiger partial charge in [-0.25, -0.2) is 14.8 Å². The monoisotopic (exact) mass is 501 g/mol. The third-order valence-corrected chi connectivity index (χ3v) is 6.45. The van der Waals surface area contributed by atoms with Crippen LogP contribution in [0.1, 0.15) is 41.6 Å². The van der Waals surface area contributed by atoms with Gasteiger partial charge in [0, 0.05) is 32.4 Å². The van der Waals surface area contributed by atoms with E-state index in [1.807, 2.05) is 6.07 Å². The molecule has 0 atom stereocenters. The van der Waals surface area contributed by atoms with Crippen LogP contribution in [0, 0.1) is 0 Å². The van der Waals surface area contributed by atoms with Crippen LogP contribution in [0.5, 0.6) is 0 Å². The molecule has 13 heteroatoms. The van der Waals surface area contributed by atoms with E-state index < -0.39 is 16.2 Å². The predicted molar refractivity (Wildman–Crippen MR) is 131 cm³/mol. The van der Waals surface area contributed by atoms with Gasteiger partial charge in [0.05, 0.1) is 35.4 Å². The third-order valence-electron chi connectivity index (χ3n) is 5.56. The van der Waals surface area contributed by atoms with Gasteiger partial charge in [0.15, 0.2) is 0 Å². The molecule has 1 aromatic carbocycles. The summed E-state index contributed by atoms with van der Waals surface area (Å²) < 4.78 is 36.0. The average Bonchev–Trinajstić information content (AvgIpc) is 3.59. The maximum absolute atomic E-state index is 12.7. The van der Waals surface area contributed by atoms with Crippen LogP contribution in [0.2, 0.25) is 0 Å². The minimum absolute atomic E-state index is 0.167. The number of rotatable bonds is 10. The van der Waals surface area contributed by atoms with Crippen molar-refractivity contribution in [1.29, 1.82) is 0 Å². The molecule has 2 heterocycles. The van der Waals surface area contributed by atoms with E-state index in [2.05, 4.69) is 26.2 Å². The topological polar surface area (TPSA) is 151 Å². The molecule has 1 amide bonds. The van der Waals surface area contributed by atoms with Crippen molar-refractivity contribution in [2.45, 2.75) is 25.7 Å². The molecule has 0 aliphatic heterocycles. The number of hydrogen-bond donors (Lipinski definition) is 4. The number of hydrogen-bond acceptors (Lipinski definition) is 8. The zero-order valence-corrected chi connectivity index (χ0v) is 20.3. The van der Waals surface area contributed by atoms with Gasteiger partial charge in [0.1, 0.15) is 11.6 Å². The summed E-state index contributed by atoms with van der Waals surface area (Å²) in [4.78, 5) is 22.1. The van der Waals surface area contributed by atoms with Crippen molar-refractivity contribution in [3.63, 3.8) is 0 Å². The fraction of sp³-hybridized carbons (Fsp3) is 0.318. The fourth-order valence-electron chi connectivity index (χ4n) is 3.48. The standard InChI is InChI=1S/C22H27N7O5S/c1-4-34-27-22(30)16-13-23-20(26-21-9-10-24-28(21)2)12-18(16)25-17-8-7-15(14-5-6-14)11-19(17)29(3)35(31,32)33/h7-14H,4-6H2,1-3H3,(H,27,30)(H2,23,25,26)(H,31,32,33). The first-order valence-electron chi connectivity index (χ1n) is 11.0. The van der Waals surface area contributed by atoms with Gasteiger partial charge in [-0.1, -0.05) is 6.07 Å². The Morgan fingerprint density at radius 1 is 1.23 bits per heavy atom. The van der Waals surface area contributed by atoms with Gasteiger partial charge in [-0.15, -0.1) is 0 Å². The number of hydroxylamine groups is 1. The number of nitrogens with one attached hydrogen (secondary N) is 3. The smallest absolute Gasteiger partial charge is 0.353 e. The lowest BCUT2D eigenvalue weighted by molar-refractivity contribution is 0.0365. The summed E-state index contributed by atoms with van der Waals surface area (Å²) in [5, 5.41) is 10.4. The summed E-state index contributed by atoms with van der Waals surface area (Å²) in [6.07, 6.45) is 5.05. The Kier molecular flexibility index (Phi) is 6.91. The molecule has 1 aliphatic rings. The molecule has 35 heavy (non-hydrogen) atoms. The number of aromatic nitrogens is 3. The molecule has 4 rings (SSSR count). The molecule has 1 fully saturated rings. The minimum atomic E-state index is -4.52. The molecule has 0 radical (unpaired) electrons. The van der Waals surface area contributed by atoms with E-state index in [-0.39, 0.29) is 17.9 Å². The number of amides is 1. The normalized spacial score (nSPS) is 13.4. The first kappa shape index (κ1) is 24.4. The van der Waals surface area contributed by atoms with Crippen LogP contribution in [0.3, 0.4) is 0 Å². The Balaban J connectivity index is 1.74. The number of nitrogens with zero attached hydrogens (tertiary/aromatic N) is 4. The number of anilines is 5. The Morgan fingerprint density at radius 3 is 2.63 bits per heavy atom. The second kappa shape index (κ2) is 9.90. The molecule has 4 N–H and O–H groups in total. The van der Waals surface area contributed by atoms with Crippen LogP contribution in [-0.4, -0.2) is 47.3 Å². The molecule has 1 saturated carbocycles. The zero-order valence-electron chi connectivity index (χ0n) is 19.5. The van der Waals surface area contributed by atoms with Gasteiger partial charge in [-0.3, -0.25) is 18.9 Å². The van der Waals surface area contributed by atoms with Crippen molar-refractivity contribution in [2.75, 3.05) is 28.6 Å². The van der Waals surface area contributed by atoms with Crippen LogP contribution >= 0.6 is 0 Å². The highest BCUT2D eigenvalue weighted by molar-refractivity contribution is 7.87. The van der Waals surface area contributed by atoms with Crippen molar-refractivity contribution in [1.82, 2.24) is 20.2 Å². The Labute approximate surface area is 203 Å². The van der Waals surface area contributed by atoms with E-state index in [4.69, 9.17) is 4.84 Å². The summed E-state index contributed by atoms with van der Waals surface area (Å²) in [7, 11) is -1.49. The van der Waals surface area contributed by atoms with Gasteiger partial charge in [0.2, 0.25) is 0 Å². The van der Waals surface area contributed by atoms with Crippen LogP contribution in [0.4, 0.5) is 28.7 Å². The maximum Gasteiger partial charge on any atom is 0.359 e. The Bertz CT molecular complexity index is 1340. The first-order valence-corrected chi connectivity index (χ1v) is 12.4. The lowest BCUT2D eigenvalue weighted by Gasteiger charge is -2.22. The molecule has 3 aromatic rings. The molecule has 0 saturated heterocycles. The molecule has 12 nitrogen and oxygen atoms in total. The summed E-state index contributed by atoms with van der Waals surface area (Å²) in [5.74, 6) is 0.924. The van der Waals surface area contributed by atoms with Crippen molar-refractivity contribution in [3.05, 3.63) is 53.9 Å². The van der Waals surface area contributed by atoms with E-state index in [0.717, 1.165) is 22.7 Å². The number of carbonyl (C=O) groups excluding carboxylic acids is 1. The van der Waals surface area contributed by atoms with Crippen molar-refractivity contribution >= 4 is 44.9 Å². The van der Waals surface area contributed by atoms with Gasteiger partial charge < -0.3 is 10.6 Å². The minimum Gasteiger partial charge on any atom is -0.353 e. The zero-order chi connectivity index (χ0) is 25.2. The van der Waals surface area contributed by atoms with Crippen LogP contribution in [-0.2, 0) is 22.2 Å². The highest BCUT2D eigenvalue weighted by Gasteiger charge is 2.27. The molecule has 0 bridgehead atoms. The molecule has 186 valence electrons. The average molecular weight is 502 g/mol. The van der Waals surface area contributed by atoms with Crippen LogP contribution in [0.25, 0.3) is 0 Å². The third kappa shape index (κ3) is 5.70. The largest absolute Gasteiger partial charge is 0.359 e. The van der Waals surface area contributed by atoms with E-state index in [0.29, 0.717) is 28.9 Å². The van der Waals surface area contributed by atoms with Crippen LogP contribution < -0.4 is 20.4 Å². The highest BCUT2D eigenvalue weighted by atomic mass is 32.2. The number of carbonyl (C=O) groups is 1. The maximum atomic E-state index is 12.7. The lowest BCUT2D eigenvalue weighted by Crippen LogP contribution is -2.27. The first-order chi connectivity index (χ1) is 16.7.